The summed E-state index contributed by atoms with van der Waals surface area (Å²) in [6, 6.07) is 0.658. The molecule has 1 aliphatic rings. The van der Waals surface area contributed by atoms with Crippen LogP contribution in [0.3, 0.4) is 0 Å². The van der Waals surface area contributed by atoms with E-state index in [1.807, 2.05) is 0 Å². The fourth-order valence-corrected chi connectivity index (χ4v) is 3.20. The fraction of sp³-hybridized carbons (Fsp3) is 0.769. The van der Waals surface area contributed by atoms with E-state index in [-0.39, 0.29) is 0 Å². The molecule has 2 rings (SSSR count). The van der Waals surface area contributed by atoms with Gasteiger partial charge in [-0.15, -0.1) is 11.3 Å². The van der Waals surface area contributed by atoms with Crippen molar-refractivity contribution >= 4 is 16.5 Å². The number of nitrogens with zero attached hydrogens (tertiary/aromatic N) is 1. The number of thiazole rings is 1. The first-order valence-corrected chi connectivity index (χ1v) is 7.28. The van der Waals surface area contributed by atoms with Gasteiger partial charge in [-0.05, 0) is 26.7 Å². The van der Waals surface area contributed by atoms with Crippen molar-refractivity contribution in [2.45, 2.75) is 64.8 Å². The summed E-state index contributed by atoms with van der Waals surface area (Å²) in [6.07, 6.45) is 9.64. The van der Waals surface area contributed by atoms with Crippen LogP contribution in [0, 0.1) is 13.8 Å². The molecule has 0 bridgehead atoms. The van der Waals surface area contributed by atoms with Crippen LogP contribution in [0.2, 0.25) is 0 Å². The Bertz CT molecular complexity index is 305. The first kappa shape index (κ1) is 11.9. The van der Waals surface area contributed by atoms with E-state index in [1.54, 1.807) is 11.3 Å². The van der Waals surface area contributed by atoms with Crippen LogP contribution in [-0.2, 0) is 0 Å². The van der Waals surface area contributed by atoms with Crippen molar-refractivity contribution in [3.8, 4) is 0 Å². The average Bonchev–Trinajstić information content (AvgIpc) is 2.50. The van der Waals surface area contributed by atoms with Gasteiger partial charge in [0.25, 0.3) is 0 Å². The number of anilines is 1. The van der Waals surface area contributed by atoms with Crippen LogP contribution in [0.25, 0.3) is 0 Å². The molecule has 2 nitrogen and oxygen atoms in total. The van der Waals surface area contributed by atoms with E-state index in [1.165, 1.54) is 55.5 Å². The zero-order valence-electron chi connectivity index (χ0n) is 10.4. The number of nitrogens with one attached hydrogen (secondary N) is 1. The van der Waals surface area contributed by atoms with E-state index < -0.39 is 0 Å². The van der Waals surface area contributed by atoms with Crippen molar-refractivity contribution in [2.24, 2.45) is 0 Å². The summed E-state index contributed by atoms with van der Waals surface area (Å²) in [5.41, 5.74) is 1.18. The molecule has 1 aromatic rings. The van der Waals surface area contributed by atoms with Crippen molar-refractivity contribution in [1.82, 2.24) is 4.98 Å². The topological polar surface area (TPSA) is 24.9 Å². The number of aromatic nitrogens is 1. The van der Waals surface area contributed by atoms with Crippen molar-refractivity contribution in [3.05, 3.63) is 10.6 Å². The molecular weight excluding hydrogens is 216 g/mol. The molecule has 0 amide bonds. The van der Waals surface area contributed by atoms with E-state index in [4.69, 9.17) is 0 Å². The lowest BCUT2D eigenvalue weighted by atomic mass is 9.97. The maximum Gasteiger partial charge on any atom is 0.183 e. The second-order valence-corrected chi connectivity index (χ2v) is 6.05. The van der Waals surface area contributed by atoms with E-state index in [2.05, 4.69) is 24.1 Å². The largest absolute Gasteiger partial charge is 0.359 e. The van der Waals surface area contributed by atoms with E-state index in [0.29, 0.717) is 6.04 Å². The van der Waals surface area contributed by atoms with Gasteiger partial charge < -0.3 is 5.32 Å². The van der Waals surface area contributed by atoms with Crippen LogP contribution < -0.4 is 5.32 Å². The Morgan fingerprint density at radius 3 is 2.25 bits per heavy atom. The SMILES string of the molecule is Cc1nc(NC2CCCCCCC2)sc1C. The lowest BCUT2D eigenvalue weighted by Crippen LogP contribution is -2.20. The normalized spacial score (nSPS) is 19.1. The fourth-order valence-electron chi connectivity index (χ4n) is 2.31. The summed E-state index contributed by atoms with van der Waals surface area (Å²) in [6.45, 7) is 4.24. The predicted octanol–water partition coefficient (Wildman–Crippen LogP) is 4.28. The van der Waals surface area contributed by atoms with Gasteiger partial charge >= 0.3 is 0 Å². The third-order valence-electron chi connectivity index (χ3n) is 3.46. The zero-order chi connectivity index (χ0) is 11.4. The van der Waals surface area contributed by atoms with Crippen LogP contribution in [0.15, 0.2) is 0 Å². The van der Waals surface area contributed by atoms with Crippen molar-refractivity contribution in [1.29, 1.82) is 0 Å². The van der Waals surface area contributed by atoms with Crippen LogP contribution in [-0.4, -0.2) is 11.0 Å². The third kappa shape index (κ3) is 3.21. The number of hydrogen-bond acceptors (Lipinski definition) is 3. The standard InChI is InChI=1S/C13H22N2S/c1-10-11(2)16-13(14-10)15-12-8-6-4-3-5-7-9-12/h12H,3-9H2,1-2H3,(H,14,15). The van der Waals surface area contributed by atoms with E-state index >= 15 is 0 Å². The second-order valence-electron chi connectivity index (χ2n) is 4.85. The van der Waals surface area contributed by atoms with Gasteiger partial charge in [-0.3, -0.25) is 0 Å². The van der Waals surface area contributed by atoms with Crippen molar-refractivity contribution < 1.29 is 0 Å². The highest BCUT2D eigenvalue weighted by molar-refractivity contribution is 7.15. The minimum atomic E-state index is 0.658. The molecule has 0 aliphatic heterocycles. The number of hydrogen-bond donors (Lipinski definition) is 1. The molecular formula is C13H22N2S. The monoisotopic (exact) mass is 238 g/mol. The molecule has 0 radical (unpaired) electrons. The first-order chi connectivity index (χ1) is 7.75. The van der Waals surface area contributed by atoms with E-state index in [9.17, 15) is 0 Å². The maximum atomic E-state index is 4.57. The van der Waals surface area contributed by atoms with Crippen LogP contribution in [0.4, 0.5) is 5.13 Å². The zero-order valence-corrected chi connectivity index (χ0v) is 11.2. The molecule has 1 aromatic heterocycles. The molecule has 16 heavy (non-hydrogen) atoms. The number of aryl methyl sites for hydroxylation is 2. The Balaban J connectivity index is 1.91. The van der Waals surface area contributed by atoms with Crippen molar-refractivity contribution in [2.75, 3.05) is 5.32 Å². The lowest BCUT2D eigenvalue weighted by molar-refractivity contribution is 0.471. The molecule has 0 spiro atoms. The van der Waals surface area contributed by atoms with Crippen LogP contribution in [0.5, 0.6) is 0 Å². The van der Waals surface area contributed by atoms with Crippen LogP contribution in [0.1, 0.15) is 55.5 Å². The molecule has 1 heterocycles. The molecule has 0 atom stereocenters. The summed E-state index contributed by atoms with van der Waals surface area (Å²) < 4.78 is 0. The quantitative estimate of drug-likeness (QED) is 0.831. The Morgan fingerprint density at radius 1 is 1.06 bits per heavy atom. The molecule has 0 saturated heterocycles. The Kier molecular flexibility index (Phi) is 4.22. The smallest absolute Gasteiger partial charge is 0.183 e. The van der Waals surface area contributed by atoms with Gasteiger partial charge in [-0.1, -0.05) is 32.1 Å². The predicted molar refractivity (Wildman–Crippen MR) is 71.3 cm³/mol. The summed E-state index contributed by atoms with van der Waals surface area (Å²) >= 11 is 1.80. The molecule has 3 heteroatoms. The maximum absolute atomic E-state index is 4.57. The molecule has 1 aliphatic carbocycles. The van der Waals surface area contributed by atoms with Crippen molar-refractivity contribution in [3.63, 3.8) is 0 Å². The van der Waals surface area contributed by atoms with Gasteiger partial charge in [0.2, 0.25) is 0 Å². The summed E-state index contributed by atoms with van der Waals surface area (Å²) in [7, 11) is 0. The lowest BCUT2D eigenvalue weighted by Gasteiger charge is -2.20. The van der Waals surface area contributed by atoms with Gasteiger partial charge in [0.1, 0.15) is 0 Å². The molecule has 1 fully saturated rings. The summed E-state index contributed by atoms with van der Waals surface area (Å²) in [4.78, 5) is 5.91. The molecule has 1 N–H and O–H groups in total. The molecule has 90 valence electrons. The molecule has 1 saturated carbocycles. The van der Waals surface area contributed by atoms with Gasteiger partial charge in [-0.25, -0.2) is 4.98 Å². The summed E-state index contributed by atoms with van der Waals surface area (Å²) in [5.74, 6) is 0. The highest BCUT2D eigenvalue weighted by Crippen LogP contribution is 2.25. The van der Waals surface area contributed by atoms with Crippen LogP contribution >= 0.6 is 11.3 Å². The minimum Gasteiger partial charge on any atom is -0.359 e. The van der Waals surface area contributed by atoms with Gasteiger partial charge in [0.15, 0.2) is 5.13 Å². The van der Waals surface area contributed by atoms with Gasteiger partial charge in [0, 0.05) is 10.9 Å². The summed E-state index contributed by atoms with van der Waals surface area (Å²) in [5, 5.41) is 4.74. The molecule has 0 unspecified atom stereocenters. The minimum absolute atomic E-state index is 0.658. The van der Waals surface area contributed by atoms with Gasteiger partial charge in [-0.2, -0.15) is 0 Å². The molecule has 0 aromatic carbocycles. The highest BCUT2D eigenvalue weighted by Gasteiger charge is 2.13. The second kappa shape index (κ2) is 5.67. The average molecular weight is 238 g/mol. The third-order valence-corrected chi connectivity index (χ3v) is 4.47. The highest BCUT2D eigenvalue weighted by atomic mass is 32.1. The number of rotatable bonds is 2. The Labute approximate surface area is 102 Å². The Morgan fingerprint density at radius 2 is 1.69 bits per heavy atom. The van der Waals surface area contributed by atoms with E-state index in [0.717, 1.165) is 5.13 Å². The first-order valence-electron chi connectivity index (χ1n) is 6.46. The van der Waals surface area contributed by atoms with Gasteiger partial charge in [0.05, 0.1) is 5.69 Å². The Hall–Kier alpha value is -0.570.